The van der Waals surface area contributed by atoms with Crippen LogP contribution in [0.25, 0.3) is 0 Å². The summed E-state index contributed by atoms with van der Waals surface area (Å²) >= 11 is 0. The third-order valence-electron chi connectivity index (χ3n) is 4.00. The first-order valence-electron chi connectivity index (χ1n) is 8.25. The van der Waals surface area contributed by atoms with Crippen LogP contribution in [-0.4, -0.2) is 38.7 Å². The van der Waals surface area contributed by atoms with Crippen molar-refractivity contribution >= 4 is 22.2 Å². The van der Waals surface area contributed by atoms with Crippen LogP contribution in [0.1, 0.15) is 37.0 Å². The van der Waals surface area contributed by atoms with Gasteiger partial charge >= 0.3 is 0 Å². The molecule has 1 heterocycles. The van der Waals surface area contributed by atoms with Crippen LogP contribution in [0.3, 0.4) is 0 Å². The van der Waals surface area contributed by atoms with Crippen molar-refractivity contribution in [2.24, 2.45) is 16.0 Å². The maximum atomic E-state index is 12.9. The maximum Gasteiger partial charge on any atom is 0.264 e. The van der Waals surface area contributed by atoms with Crippen molar-refractivity contribution in [3.05, 3.63) is 28.8 Å². The van der Waals surface area contributed by atoms with Gasteiger partial charge in [0.15, 0.2) is 0 Å². The Kier molecular flexibility index (Phi) is 5.64. The zero-order valence-corrected chi connectivity index (χ0v) is 15.8. The van der Waals surface area contributed by atoms with Crippen LogP contribution in [0.5, 0.6) is 0 Å². The van der Waals surface area contributed by atoms with Gasteiger partial charge < -0.3 is 0 Å². The summed E-state index contributed by atoms with van der Waals surface area (Å²) in [7, 11) is -3.72. The van der Waals surface area contributed by atoms with E-state index in [1.54, 1.807) is 5.01 Å². The van der Waals surface area contributed by atoms with Gasteiger partial charge in [-0.05, 0) is 45.2 Å². The van der Waals surface area contributed by atoms with Crippen molar-refractivity contribution in [1.29, 1.82) is 0 Å². The Morgan fingerprint density at radius 3 is 2.42 bits per heavy atom. The average molecular weight is 350 g/mol. The second-order valence-electron chi connectivity index (χ2n) is 6.15. The molecule has 7 heteroatoms. The van der Waals surface area contributed by atoms with E-state index in [-0.39, 0.29) is 5.96 Å². The zero-order chi connectivity index (χ0) is 17.9. The lowest BCUT2D eigenvalue weighted by Gasteiger charge is -2.20. The Morgan fingerprint density at radius 2 is 1.92 bits per heavy atom. The molecular formula is C17H26N4O2S. The fraction of sp³-hybridized carbons (Fsp3) is 0.529. The predicted molar refractivity (Wildman–Crippen MR) is 97.9 cm³/mol. The lowest BCUT2D eigenvalue weighted by atomic mass is 10.1. The van der Waals surface area contributed by atoms with Crippen molar-refractivity contribution in [3.8, 4) is 0 Å². The van der Waals surface area contributed by atoms with E-state index in [4.69, 9.17) is 0 Å². The number of aliphatic imine (C=N–C) groups is 1. The summed E-state index contributed by atoms with van der Waals surface area (Å²) in [4.78, 5) is 4.61. The molecule has 1 aliphatic rings. The number of guanidine groups is 1. The van der Waals surface area contributed by atoms with E-state index in [9.17, 15) is 8.42 Å². The Labute approximate surface area is 144 Å². The minimum Gasteiger partial charge on any atom is -0.251 e. The van der Waals surface area contributed by atoms with E-state index in [0.29, 0.717) is 23.9 Å². The number of nitrogens with one attached hydrogen (secondary N) is 1. The largest absolute Gasteiger partial charge is 0.264 e. The minimum absolute atomic E-state index is 0.282. The van der Waals surface area contributed by atoms with Gasteiger partial charge in [-0.2, -0.15) is 5.10 Å². The Hall–Kier alpha value is -1.89. The highest BCUT2D eigenvalue weighted by atomic mass is 32.2. The maximum absolute atomic E-state index is 12.9. The van der Waals surface area contributed by atoms with Crippen LogP contribution in [0, 0.1) is 26.7 Å². The summed E-state index contributed by atoms with van der Waals surface area (Å²) < 4.78 is 28.4. The van der Waals surface area contributed by atoms with Gasteiger partial charge in [0.1, 0.15) is 0 Å². The molecule has 0 aromatic heterocycles. The van der Waals surface area contributed by atoms with Crippen LogP contribution in [0.15, 0.2) is 27.1 Å². The first-order valence-corrected chi connectivity index (χ1v) is 9.73. The molecule has 0 radical (unpaired) electrons. The molecule has 0 amide bonds. The van der Waals surface area contributed by atoms with Crippen molar-refractivity contribution in [2.75, 3.05) is 13.1 Å². The van der Waals surface area contributed by atoms with Crippen LogP contribution in [0.2, 0.25) is 0 Å². The van der Waals surface area contributed by atoms with E-state index in [0.717, 1.165) is 23.1 Å². The minimum atomic E-state index is -3.72. The number of hydrazone groups is 1. The summed E-state index contributed by atoms with van der Waals surface area (Å²) in [6, 6.07) is 3.75. The molecule has 0 fully saturated rings. The number of rotatable bonds is 4. The van der Waals surface area contributed by atoms with Crippen molar-refractivity contribution in [1.82, 2.24) is 9.73 Å². The molecule has 1 atom stereocenters. The summed E-state index contributed by atoms with van der Waals surface area (Å²) in [6.45, 7) is 10.7. The summed E-state index contributed by atoms with van der Waals surface area (Å²) in [5.41, 5.74) is 2.50. The highest BCUT2D eigenvalue weighted by Crippen LogP contribution is 2.22. The Morgan fingerprint density at radius 1 is 1.29 bits per heavy atom. The predicted octanol–water partition coefficient (Wildman–Crippen LogP) is 2.59. The molecule has 0 spiro atoms. The molecule has 24 heavy (non-hydrogen) atoms. The van der Waals surface area contributed by atoms with Gasteiger partial charge in [0, 0.05) is 18.7 Å². The standard InChI is InChI=1S/C17H26N4O2S/c1-6-15-10-19-21(11-15)17(18-7-2)20-24(22,23)16-13(4)8-12(3)9-14(16)5/h8-10,15H,6-7,11H2,1-5H3,(H,18,20). The Balaban J connectivity index is 2.33. The number of hydrogen-bond acceptors (Lipinski definition) is 4. The molecular weight excluding hydrogens is 324 g/mol. The quantitative estimate of drug-likeness (QED) is 0.670. The van der Waals surface area contributed by atoms with Crippen LogP contribution < -0.4 is 4.72 Å². The normalized spacial score (nSPS) is 18.3. The lowest BCUT2D eigenvalue weighted by molar-refractivity contribution is 0.429. The second-order valence-corrected chi connectivity index (χ2v) is 7.77. The molecule has 1 aromatic rings. The summed E-state index contributed by atoms with van der Waals surface area (Å²) in [6.07, 6.45) is 2.81. The third kappa shape index (κ3) is 3.95. The van der Waals surface area contributed by atoms with Gasteiger partial charge in [-0.1, -0.05) is 24.6 Å². The number of aryl methyl sites for hydroxylation is 3. The fourth-order valence-corrected chi connectivity index (χ4v) is 4.42. The van der Waals surface area contributed by atoms with Gasteiger partial charge in [0.05, 0.1) is 11.4 Å². The smallest absolute Gasteiger partial charge is 0.251 e. The molecule has 1 aliphatic heterocycles. The highest BCUT2D eigenvalue weighted by molar-refractivity contribution is 7.90. The van der Waals surface area contributed by atoms with Crippen molar-refractivity contribution in [2.45, 2.75) is 45.9 Å². The molecule has 0 aliphatic carbocycles. The van der Waals surface area contributed by atoms with E-state index in [2.05, 4.69) is 21.7 Å². The Bertz CT molecular complexity index is 746. The van der Waals surface area contributed by atoms with E-state index < -0.39 is 10.0 Å². The molecule has 2 rings (SSSR count). The zero-order valence-electron chi connectivity index (χ0n) is 15.0. The molecule has 1 aromatic carbocycles. The van der Waals surface area contributed by atoms with Crippen molar-refractivity contribution < 1.29 is 8.42 Å². The SMILES string of the molecule is CCN=C(NS(=O)(=O)c1c(C)cc(C)cc1C)N1CC(CC)C=N1. The molecule has 0 saturated heterocycles. The number of hydrogen-bond donors (Lipinski definition) is 1. The average Bonchev–Trinajstić information content (AvgIpc) is 2.93. The van der Waals surface area contributed by atoms with Crippen LogP contribution >= 0.6 is 0 Å². The molecule has 0 saturated carbocycles. The molecule has 132 valence electrons. The summed E-state index contributed by atoms with van der Waals surface area (Å²) in [5.74, 6) is 0.600. The molecule has 0 bridgehead atoms. The van der Waals surface area contributed by atoms with Gasteiger partial charge in [-0.3, -0.25) is 4.99 Å². The number of benzene rings is 1. The molecule has 1 unspecified atom stereocenters. The van der Waals surface area contributed by atoms with E-state index >= 15 is 0 Å². The lowest BCUT2D eigenvalue weighted by Crippen LogP contribution is -2.42. The first kappa shape index (κ1) is 18.4. The van der Waals surface area contributed by atoms with Crippen LogP contribution in [-0.2, 0) is 10.0 Å². The van der Waals surface area contributed by atoms with Crippen LogP contribution in [0.4, 0.5) is 0 Å². The van der Waals surface area contributed by atoms with Crippen molar-refractivity contribution in [3.63, 3.8) is 0 Å². The molecule has 6 nitrogen and oxygen atoms in total. The van der Waals surface area contributed by atoms with Gasteiger partial charge in [0.25, 0.3) is 10.0 Å². The summed E-state index contributed by atoms with van der Waals surface area (Å²) in [5, 5.41) is 5.93. The third-order valence-corrected chi connectivity index (χ3v) is 5.63. The monoisotopic (exact) mass is 350 g/mol. The highest BCUT2D eigenvalue weighted by Gasteiger charge is 2.26. The number of nitrogens with zero attached hydrogens (tertiary/aromatic N) is 3. The van der Waals surface area contributed by atoms with Gasteiger partial charge in [-0.25, -0.2) is 18.1 Å². The van der Waals surface area contributed by atoms with E-state index in [1.165, 1.54) is 0 Å². The topological polar surface area (TPSA) is 74.1 Å². The molecule has 1 N–H and O–H groups in total. The van der Waals surface area contributed by atoms with E-state index in [1.807, 2.05) is 46.0 Å². The fourth-order valence-electron chi connectivity index (χ4n) is 2.95. The van der Waals surface area contributed by atoms with Gasteiger partial charge in [0.2, 0.25) is 5.96 Å². The number of sulfonamides is 1. The van der Waals surface area contributed by atoms with Gasteiger partial charge in [-0.15, -0.1) is 0 Å². The second kappa shape index (κ2) is 7.34. The first-order chi connectivity index (χ1) is 11.3.